The normalized spacial score (nSPS) is 12.4. The Morgan fingerprint density at radius 2 is 1.88 bits per heavy atom. The molecule has 0 saturated heterocycles. The van der Waals surface area contributed by atoms with Crippen molar-refractivity contribution >= 4 is 0 Å². The zero-order valence-electron chi connectivity index (χ0n) is 12.0. The Bertz CT molecular complexity index is 372. The molecule has 17 heavy (non-hydrogen) atoms. The molecule has 0 aliphatic heterocycles. The Labute approximate surface area is 105 Å². The van der Waals surface area contributed by atoms with Gasteiger partial charge in [0.05, 0.1) is 11.7 Å². The molecule has 1 aromatic rings. The molecule has 1 aromatic heterocycles. The number of aromatic hydroxyl groups is 1. The first kappa shape index (κ1) is 14.1. The van der Waals surface area contributed by atoms with Gasteiger partial charge in [-0.15, -0.1) is 0 Å². The molecule has 0 aliphatic carbocycles. The van der Waals surface area contributed by atoms with Crippen LogP contribution in [-0.4, -0.2) is 14.9 Å². The van der Waals surface area contributed by atoms with Crippen molar-refractivity contribution in [2.45, 2.75) is 72.3 Å². The maximum atomic E-state index is 10.3. The second kappa shape index (κ2) is 5.11. The van der Waals surface area contributed by atoms with E-state index in [1.165, 1.54) is 0 Å². The largest absolute Gasteiger partial charge is 0.493 e. The first-order valence-electron chi connectivity index (χ1n) is 6.59. The van der Waals surface area contributed by atoms with Crippen molar-refractivity contribution < 1.29 is 5.11 Å². The van der Waals surface area contributed by atoms with Gasteiger partial charge in [0.25, 0.3) is 0 Å². The fourth-order valence-corrected chi connectivity index (χ4v) is 2.01. The quantitative estimate of drug-likeness (QED) is 0.866. The highest BCUT2D eigenvalue weighted by Gasteiger charge is 2.26. The third kappa shape index (κ3) is 3.02. The molecule has 98 valence electrons. The van der Waals surface area contributed by atoms with Gasteiger partial charge in [0.1, 0.15) is 0 Å². The molecule has 0 spiro atoms. The lowest BCUT2D eigenvalue weighted by Gasteiger charge is -2.17. The van der Waals surface area contributed by atoms with E-state index in [2.05, 4.69) is 32.8 Å². The van der Waals surface area contributed by atoms with Crippen LogP contribution in [0.1, 0.15) is 71.7 Å². The van der Waals surface area contributed by atoms with Crippen molar-refractivity contribution in [2.75, 3.05) is 0 Å². The summed E-state index contributed by atoms with van der Waals surface area (Å²) < 4.78 is 1.74. The Morgan fingerprint density at radius 1 is 1.29 bits per heavy atom. The van der Waals surface area contributed by atoms with E-state index in [-0.39, 0.29) is 11.5 Å². The zero-order chi connectivity index (χ0) is 13.2. The Hall–Kier alpha value is -0.990. The first-order chi connectivity index (χ1) is 7.79. The van der Waals surface area contributed by atoms with E-state index in [1.54, 1.807) is 4.68 Å². The van der Waals surface area contributed by atoms with Crippen LogP contribution in [-0.2, 0) is 11.8 Å². The van der Waals surface area contributed by atoms with Crippen molar-refractivity contribution in [3.63, 3.8) is 0 Å². The molecule has 1 N–H and O–H groups in total. The zero-order valence-corrected chi connectivity index (χ0v) is 12.0. The summed E-state index contributed by atoms with van der Waals surface area (Å²) in [5.41, 5.74) is 2.06. The highest BCUT2D eigenvalue weighted by atomic mass is 16.3. The number of rotatable bonds is 4. The maximum Gasteiger partial charge on any atom is 0.213 e. The van der Waals surface area contributed by atoms with Crippen LogP contribution in [0.15, 0.2) is 0 Å². The predicted octanol–water partition coefficient (Wildman–Crippen LogP) is 3.81. The molecule has 0 saturated carbocycles. The van der Waals surface area contributed by atoms with Crippen molar-refractivity contribution in [1.29, 1.82) is 0 Å². The van der Waals surface area contributed by atoms with E-state index in [0.717, 1.165) is 30.5 Å². The van der Waals surface area contributed by atoms with Crippen molar-refractivity contribution in [3.05, 3.63) is 11.3 Å². The van der Waals surface area contributed by atoms with Crippen molar-refractivity contribution in [3.8, 4) is 5.88 Å². The Kier molecular flexibility index (Phi) is 4.23. The lowest BCUT2D eigenvalue weighted by atomic mass is 9.88. The number of nitrogens with zero attached hydrogens (tertiary/aromatic N) is 2. The minimum atomic E-state index is -0.0132. The summed E-state index contributed by atoms with van der Waals surface area (Å²) >= 11 is 0. The van der Waals surface area contributed by atoms with Crippen LogP contribution in [0, 0.1) is 0 Å². The molecule has 3 nitrogen and oxygen atoms in total. The molecule has 0 atom stereocenters. The summed E-state index contributed by atoms with van der Waals surface area (Å²) in [5.74, 6) is 0.360. The van der Waals surface area contributed by atoms with Gasteiger partial charge in [-0.1, -0.05) is 34.1 Å². The van der Waals surface area contributed by atoms with Crippen LogP contribution in [0.5, 0.6) is 5.88 Å². The standard InChI is InChI=1S/C14H26N2O/c1-7-8-9-11-12(14(4,5)6)15-16(10(2)3)13(11)17/h10,17H,7-9H2,1-6H3. The van der Waals surface area contributed by atoms with Gasteiger partial charge in [-0.2, -0.15) is 5.10 Å². The number of aromatic nitrogens is 2. The van der Waals surface area contributed by atoms with E-state index in [1.807, 2.05) is 13.8 Å². The maximum absolute atomic E-state index is 10.3. The fourth-order valence-electron chi connectivity index (χ4n) is 2.01. The lowest BCUT2D eigenvalue weighted by Crippen LogP contribution is -2.15. The minimum absolute atomic E-state index is 0.0132. The van der Waals surface area contributed by atoms with Crippen LogP contribution in [0.2, 0.25) is 0 Å². The molecular formula is C14H26N2O. The summed E-state index contributed by atoms with van der Waals surface area (Å²) in [6.07, 6.45) is 3.15. The van der Waals surface area contributed by atoms with Crippen LogP contribution >= 0.6 is 0 Å². The van der Waals surface area contributed by atoms with Gasteiger partial charge >= 0.3 is 0 Å². The van der Waals surface area contributed by atoms with E-state index in [4.69, 9.17) is 0 Å². The van der Waals surface area contributed by atoms with Crippen LogP contribution < -0.4 is 0 Å². The highest BCUT2D eigenvalue weighted by molar-refractivity contribution is 5.35. The molecule has 0 radical (unpaired) electrons. The van der Waals surface area contributed by atoms with Gasteiger partial charge in [0.15, 0.2) is 0 Å². The van der Waals surface area contributed by atoms with E-state index in [0.29, 0.717) is 5.88 Å². The summed E-state index contributed by atoms with van der Waals surface area (Å²) in [4.78, 5) is 0. The summed E-state index contributed by atoms with van der Waals surface area (Å²) in [5, 5.41) is 14.9. The molecule has 0 bridgehead atoms. The monoisotopic (exact) mass is 238 g/mol. The number of hydrogen-bond donors (Lipinski definition) is 1. The number of hydrogen-bond acceptors (Lipinski definition) is 2. The van der Waals surface area contributed by atoms with Crippen LogP contribution in [0.25, 0.3) is 0 Å². The molecule has 3 heteroatoms. The highest BCUT2D eigenvalue weighted by Crippen LogP contribution is 2.33. The molecule has 0 unspecified atom stereocenters. The molecule has 0 amide bonds. The van der Waals surface area contributed by atoms with E-state index < -0.39 is 0 Å². The average molecular weight is 238 g/mol. The Balaban J connectivity index is 3.22. The van der Waals surface area contributed by atoms with Crippen LogP contribution in [0.3, 0.4) is 0 Å². The molecular weight excluding hydrogens is 212 g/mol. The van der Waals surface area contributed by atoms with Gasteiger partial charge < -0.3 is 5.11 Å². The molecule has 0 fully saturated rings. The first-order valence-corrected chi connectivity index (χ1v) is 6.59. The topological polar surface area (TPSA) is 38.0 Å². The molecule has 1 rings (SSSR count). The second-order valence-corrected chi connectivity index (χ2v) is 6.04. The molecule has 1 heterocycles. The smallest absolute Gasteiger partial charge is 0.213 e. The summed E-state index contributed by atoms with van der Waals surface area (Å²) in [6, 6.07) is 0.200. The third-order valence-electron chi connectivity index (χ3n) is 2.96. The summed E-state index contributed by atoms with van der Waals surface area (Å²) in [6.45, 7) is 12.7. The molecule has 0 aromatic carbocycles. The number of unbranched alkanes of at least 4 members (excludes halogenated alkanes) is 1. The minimum Gasteiger partial charge on any atom is -0.493 e. The van der Waals surface area contributed by atoms with Gasteiger partial charge in [-0.25, -0.2) is 4.68 Å². The van der Waals surface area contributed by atoms with Gasteiger partial charge in [-0.05, 0) is 26.7 Å². The van der Waals surface area contributed by atoms with Crippen LogP contribution in [0.4, 0.5) is 0 Å². The second-order valence-electron chi connectivity index (χ2n) is 6.04. The third-order valence-corrected chi connectivity index (χ3v) is 2.96. The van der Waals surface area contributed by atoms with Gasteiger partial charge in [0, 0.05) is 11.0 Å². The fraction of sp³-hybridized carbons (Fsp3) is 0.786. The predicted molar refractivity (Wildman–Crippen MR) is 71.6 cm³/mol. The van der Waals surface area contributed by atoms with E-state index in [9.17, 15) is 5.11 Å². The lowest BCUT2D eigenvalue weighted by molar-refractivity contribution is 0.372. The van der Waals surface area contributed by atoms with Gasteiger partial charge in [-0.3, -0.25) is 0 Å². The Morgan fingerprint density at radius 3 is 2.29 bits per heavy atom. The summed E-state index contributed by atoms with van der Waals surface area (Å²) in [7, 11) is 0. The van der Waals surface area contributed by atoms with Gasteiger partial charge in [0.2, 0.25) is 5.88 Å². The molecule has 0 aliphatic rings. The average Bonchev–Trinajstić information content (AvgIpc) is 2.52. The van der Waals surface area contributed by atoms with Crippen molar-refractivity contribution in [2.24, 2.45) is 0 Å². The van der Waals surface area contributed by atoms with E-state index >= 15 is 0 Å². The van der Waals surface area contributed by atoms with Crippen molar-refractivity contribution in [1.82, 2.24) is 9.78 Å². The SMILES string of the molecule is CCCCc1c(C(C)(C)C)nn(C(C)C)c1O.